The lowest BCUT2D eigenvalue weighted by atomic mass is 10.1. The quantitative estimate of drug-likeness (QED) is 0.304. The summed E-state index contributed by atoms with van der Waals surface area (Å²) in [4.78, 5) is 10.7. The number of hydrogen-bond donors (Lipinski definition) is 2. The number of hydroxylamine groups is 1. The van der Waals surface area contributed by atoms with Crippen LogP contribution < -0.4 is 5.48 Å². The minimum absolute atomic E-state index is 0.283. The third-order valence-corrected chi connectivity index (χ3v) is 3.25. The molecule has 0 aliphatic carbocycles. The van der Waals surface area contributed by atoms with Crippen LogP contribution in [-0.2, 0) is 4.79 Å². The first-order chi connectivity index (χ1) is 7.33. The molecule has 0 aromatic carbocycles. The molecule has 0 saturated carbocycles. The molecule has 0 unspecified atom stereocenters. The van der Waals surface area contributed by atoms with Crippen LogP contribution >= 0.6 is 11.9 Å². The maximum absolute atomic E-state index is 10.7. The smallest absolute Gasteiger partial charge is 0.243 e. The van der Waals surface area contributed by atoms with Crippen molar-refractivity contribution >= 4 is 17.9 Å². The van der Waals surface area contributed by atoms with E-state index in [-0.39, 0.29) is 5.91 Å². The third-order valence-electron chi connectivity index (χ3n) is 2.30. The monoisotopic (exact) mass is 230 g/mol. The second kappa shape index (κ2) is 7.73. The molecule has 1 aliphatic heterocycles. The molecule has 1 amide bonds. The zero-order valence-corrected chi connectivity index (χ0v) is 9.63. The Kier molecular flexibility index (Phi) is 6.47. The van der Waals surface area contributed by atoms with Gasteiger partial charge < -0.3 is 0 Å². The van der Waals surface area contributed by atoms with Crippen molar-refractivity contribution in [3.63, 3.8) is 0 Å². The van der Waals surface area contributed by atoms with Gasteiger partial charge in [0.2, 0.25) is 5.91 Å². The summed E-state index contributed by atoms with van der Waals surface area (Å²) >= 11 is 1.77. The molecule has 15 heavy (non-hydrogen) atoms. The Morgan fingerprint density at radius 2 is 2.20 bits per heavy atom. The first-order valence-electron chi connectivity index (χ1n) is 5.32. The van der Waals surface area contributed by atoms with Gasteiger partial charge in [-0.1, -0.05) is 30.9 Å². The molecular formula is C10H18N2O2S. The molecule has 0 saturated heterocycles. The normalized spacial score (nSPS) is 15.8. The molecule has 0 aromatic rings. The lowest BCUT2D eigenvalue weighted by molar-refractivity contribution is -0.129. The van der Waals surface area contributed by atoms with Crippen molar-refractivity contribution in [3.05, 3.63) is 11.5 Å². The van der Waals surface area contributed by atoms with Gasteiger partial charge in [-0.2, -0.15) is 0 Å². The van der Waals surface area contributed by atoms with Crippen molar-refractivity contribution in [2.24, 2.45) is 0 Å². The highest BCUT2D eigenvalue weighted by Crippen LogP contribution is 2.18. The summed E-state index contributed by atoms with van der Waals surface area (Å²) in [6, 6.07) is 0. The van der Waals surface area contributed by atoms with E-state index in [4.69, 9.17) is 5.21 Å². The van der Waals surface area contributed by atoms with Crippen LogP contribution in [0.15, 0.2) is 11.5 Å². The summed E-state index contributed by atoms with van der Waals surface area (Å²) in [6.45, 7) is 2.17. The Morgan fingerprint density at radius 1 is 1.40 bits per heavy atom. The summed E-state index contributed by atoms with van der Waals surface area (Å²) in [5.41, 5.74) is 1.64. The Hall–Kier alpha value is -0.520. The SMILES string of the molecule is O=C(CCCCCCN1CC=CS1)NO. The number of rotatable bonds is 7. The summed E-state index contributed by atoms with van der Waals surface area (Å²) in [5, 5.41) is 10.4. The highest BCUT2D eigenvalue weighted by atomic mass is 32.2. The van der Waals surface area contributed by atoms with Crippen molar-refractivity contribution < 1.29 is 10.0 Å². The summed E-state index contributed by atoms with van der Waals surface area (Å²) in [5.74, 6) is -0.283. The zero-order chi connectivity index (χ0) is 10.9. The highest BCUT2D eigenvalue weighted by Gasteiger charge is 2.05. The lowest BCUT2D eigenvalue weighted by Gasteiger charge is -2.12. The number of amides is 1. The molecule has 4 nitrogen and oxygen atoms in total. The number of unbranched alkanes of at least 4 members (excludes halogenated alkanes) is 3. The van der Waals surface area contributed by atoms with Gasteiger partial charge >= 0.3 is 0 Å². The molecule has 1 aliphatic rings. The first kappa shape index (κ1) is 12.5. The predicted octanol–water partition coefficient (Wildman–Crippen LogP) is 1.92. The van der Waals surface area contributed by atoms with E-state index in [1.54, 1.807) is 17.4 Å². The molecule has 0 spiro atoms. The number of carbonyl (C=O) groups excluding carboxylic acids is 1. The topological polar surface area (TPSA) is 52.6 Å². The molecule has 5 heteroatoms. The minimum Gasteiger partial charge on any atom is -0.289 e. The van der Waals surface area contributed by atoms with Gasteiger partial charge in [0.1, 0.15) is 0 Å². The average Bonchev–Trinajstić information content (AvgIpc) is 2.75. The third kappa shape index (κ3) is 5.81. The fraction of sp³-hybridized carbons (Fsp3) is 0.700. The van der Waals surface area contributed by atoms with Gasteiger partial charge in [-0.3, -0.25) is 10.0 Å². The van der Waals surface area contributed by atoms with Crippen molar-refractivity contribution in [2.75, 3.05) is 13.1 Å². The highest BCUT2D eigenvalue weighted by molar-refractivity contribution is 8.00. The summed E-state index contributed by atoms with van der Waals surface area (Å²) in [6.07, 6.45) is 6.83. The van der Waals surface area contributed by atoms with Crippen molar-refractivity contribution in [3.8, 4) is 0 Å². The van der Waals surface area contributed by atoms with Crippen molar-refractivity contribution in [1.29, 1.82) is 0 Å². The van der Waals surface area contributed by atoms with Crippen molar-refractivity contribution in [2.45, 2.75) is 32.1 Å². The van der Waals surface area contributed by atoms with Crippen LogP contribution in [-0.4, -0.2) is 28.5 Å². The largest absolute Gasteiger partial charge is 0.289 e. The molecule has 0 bridgehead atoms. The van der Waals surface area contributed by atoms with Crippen LogP contribution in [0.4, 0.5) is 0 Å². The Bertz CT molecular complexity index is 213. The summed E-state index contributed by atoms with van der Waals surface area (Å²) in [7, 11) is 0. The molecule has 86 valence electrons. The van der Waals surface area contributed by atoms with E-state index in [0.717, 1.165) is 32.4 Å². The Balaban J connectivity index is 1.82. The van der Waals surface area contributed by atoms with Crippen LogP contribution in [0.25, 0.3) is 0 Å². The van der Waals surface area contributed by atoms with E-state index in [1.165, 1.54) is 6.42 Å². The molecule has 0 fully saturated rings. The van der Waals surface area contributed by atoms with Crippen LogP contribution in [0.2, 0.25) is 0 Å². The maximum Gasteiger partial charge on any atom is 0.243 e. The van der Waals surface area contributed by atoms with Crippen LogP contribution in [0.1, 0.15) is 32.1 Å². The second-order valence-corrected chi connectivity index (χ2v) is 4.56. The van der Waals surface area contributed by atoms with E-state index in [0.29, 0.717) is 6.42 Å². The second-order valence-electron chi connectivity index (χ2n) is 3.56. The minimum atomic E-state index is -0.283. The van der Waals surface area contributed by atoms with Crippen LogP contribution in [0.3, 0.4) is 0 Å². The van der Waals surface area contributed by atoms with E-state index < -0.39 is 0 Å². The Morgan fingerprint density at radius 3 is 2.87 bits per heavy atom. The number of hydrogen-bond acceptors (Lipinski definition) is 4. The van der Waals surface area contributed by atoms with Gasteiger partial charge in [0.15, 0.2) is 0 Å². The van der Waals surface area contributed by atoms with E-state index >= 15 is 0 Å². The molecule has 0 atom stereocenters. The fourth-order valence-electron chi connectivity index (χ4n) is 1.46. The van der Waals surface area contributed by atoms with Gasteiger partial charge in [0.05, 0.1) is 0 Å². The summed E-state index contributed by atoms with van der Waals surface area (Å²) < 4.78 is 2.32. The average molecular weight is 230 g/mol. The molecule has 1 heterocycles. The molecular weight excluding hydrogens is 212 g/mol. The molecule has 0 aromatic heterocycles. The van der Waals surface area contributed by atoms with E-state index in [1.807, 2.05) is 0 Å². The van der Waals surface area contributed by atoms with Gasteiger partial charge in [-0.05, 0) is 18.2 Å². The van der Waals surface area contributed by atoms with Gasteiger partial charge in [-0.15, -0.1) is 0 Å². The standard InChI is InChI=1S/C10H18N2O2S/c13-10(11-14)6-3-1-2-4-7-12-8-5-9-15-12/h5,9,14H,1-4,6-8H2,(H,11,13). The van der Waals surface area contributed by atoms with Gasteiger partial charge in [0.25, 0.3) is 0 Å². The molecule has 1 rings (SSSR count). The van der Waals surface area contributed by atoms with Gasteiger partial charge in [-0.25, -0.2) is 9.79 Å². The van der Waals surface area contributed by atoms with Crippen molar-refractivity contribution in [1.82, 2.24) is 9.79 Å². The fourth-order valence-corrected chi connectivity index (χ4v) is 2.21. The van der Waals surface area contributed by atoms with E-state index in [2.05, 4.69) is 15.8 Å². The maximum atomic E-state index is 10.7. The predicted molar refractivity (Wildman–Crippen MR) is 61.3 cm³/mol. The van der Waals surface area contributed by atoms with Crippen LogP contribution in [0, 0.1) is 0 Å². The number of nitrogens with zero attached hydrogens (tertiary/aromatic N) is 1. The van der Waals surface area contributed by atoms with E-state index in [9.17, 15) is 4.79 Å². The number of carbonyl (C=O) groups is 1. The first-order valence-corrected chi connectivity index (χ1v) is 6.16. The zero-order valence-electron chi connectivity index (χ0n) is 8.82. The van der Waals surface area contributed by atoms with Gasteiger partial charge in [0, 0.05) is 19.5 Å². The molecule has 2 N–H and O–H groups in total. The Labute approximate surface area is 94.8 Å². The lowest BCUT2D eigenvalue weighted by Crippen LogP contribution is -2.17. The molecule has 0 radical (unpaired) electrons. The van der Waals surface area contributed by atoms with Crippen LogP contribution in [0.5, 0.6) is 0 Å². The number of nitrogens with one attached hydrogen (secondary N) is 1.